The van der Waals surface area contributed by atoms with E-state index < -0.39 is 0 Å². The first-order valence-electron chi connectivity index (χ1n) is 3.15. The number of halogens is 1. The Morgan fingerprint density at radius 3 is 2.80 bits per heavy atom. The molecule has 10 heavy (non-hydrogen) atoms. The summed E-state index contributed by atoms with van der Waals surface area (Å²) in [6, 6.07) is 7.81. The molecule has 0 saturated heterocycles. The topological polar surface area (TPSA) is 0 Å². The van der Waals surface area contributed by atoms with Crippen molar-refractivity contribution >= 4 is 24.2 Å². The first kappa shape index (κ1) is 7.96. The normalized spacial score (nSPS) is 9.80. The molecule has 0 atom stereocenters. The SMILES string of the molecule is [S]CCc1cccc(Cl)c1. The molecule has 53 valence electrons. The zero-order valence-electron chi connectivity index (χ0n) is 5.51. The Hall–Kier alpha value is -0.140. The highest BCUT2D eigenvalue weighted by molar-refractivity contribution is 7.80. The zero-order chi connectivity index (χ0) is 7.40. The van der Waals surface area contributed by atoms with E-state index in [9.17, 15) is 0 Å². The molecule has 0 spiro atoms. The van der Waals surface area contributed by atoms with Crippen molar-refractivity contribution in [2.45, 2.75) is 6.42 Å². The average molecular weight is 172 g/mol. The lowest BCUT2D eigenvalue weighted by Crippen LogP contribution is -1.83. The van der Waals surface area contributed by atoms with Crippen LogP contribution >= 0.6 is 24.2 Å². The molecule has 0 N–H and O–H groups in total. The molecule has 0 fully saturated rings. The molecular weight excluding hydrogens is 164 g/mol. The van der Waals surface area contributed by atoms with E-state index in [4.69, 9.17) is 24.2 Å². The maximum absolute atomic E-state index is 5.75. The molecule has 0 aromatic heterocycles. The predicted molar refractivity (Wildman–Crippen MR) is 47.6 cm³/mol. The fraction of sp³-hybridized carbons (Fsp3) is 0.250. The van der Waals surface area contributed by atoms with Crippen molar-refractivity contribution in [1.29, 1.82) is 0 Å². The van der Waals surface area contributed by atoms with Crippen LogP contribution in [0.3, 0.4) is 0 Å². The minimum Gasteiger partial charge on any atom is -0.0938 e. The second kappa shape index (κ2) is 3.89. The van der Waals surface area contributed by atoms with Gasteiger partial charge in [-0.1, -0.05) is 36.4 Å². The van der Waals surface area contributed by atoms with Gasteiger partial charge in [-0.25, -0.2) is 0 Å². The Kier molecular flexibility index (Phi) is 3.10. The highest BCUT2D eigenvalue weighted by Crippen LogP contribution is 2.10. The van der Waals surface area contributed by atoms with Crippen LogP contribution in [0, 0.1) is 0 Å². The molecule has 2 heteroatoms. The summed E-state index contributed by atoms with van der Waals surface area (Å²) in [7, 11) is 0. The second-order valence-corrected chi connectivity index (χ2v) is 2.93. The van der Waals surface area contributed by atoms with Gasteiger partial charge in [0.15, 0.2) is 0 Å². The number of rotatable bonds is 2. The molecule has 0 aliphatic heterocycles. The fourth-order valence-electron chi connectivity index (χ4n) is 0.810. The van der Waals surface area contributed by atoms with Crippen molar-refractivity contribution in [3.05, 3.63) is 34.9 Å². The standard InChI is InChI=1S/C8H8ClS/c9-8-3-1-2-7(6-8)4-5-10/h1-3,6H,4-5H2. The van der Waals surface area contributed by atoms with Crippen molar-refractivity contribution in [3.63, 3.8) is 0 Å². The highest BCUT2D eigenvalue weighted by atomic mass is 35.5. The van der Waals surface area contributed by atoms with Crippen molar-refractivity contribution < 1.29 is 0 Å². The van der Waals surface area contributed by atoms with Gasteiger partial charge in [0.25, 0.3) is 0 Å². The third-order valence-electron chi connectivity index (χ3n) is 1.28. The fourth-order valence-corrected chi connectivity index (χ4v) is 1.26. The lowest BCUT2D eigenvalue weighted by molar-refractivity contribution is 1.16. The van der Waals surface area contributed by atoms with E-state index >= 15 is 0 Å². The Balaban J connectivity index is 2.75. The minimum atomic E-state index is 0.764. The van der Waals surface area contributed by atoms with Gasteiger partial charge in [0.05, 0.1) is 0 Å². The minimum absolute atomic E-state index is 0.764. The van der Waals surface area contributed by atoms with Crippen molar-refractivity contribution in [3.8, 4) is 0 Å². The largest absolute Gasteiger partial charge is 0.0938 e. The molecule has 0 aliphatic rings. The van der Waals surface area contributed by atoms with Crippen LogP contribution in [-0.4, -0.2) is 5.75 Å². The number of aryl methyl sites for hydroxylation is 1. The van der Waals surface area contributed by atoms with Crippen LogP contribution in [0.2, 0.25) is 5.02 Å². The smallest absolute Gasteiger partial charge is 0.0408 e. The van der Waals surface area contributed by atoms with Gasteiger partial charge in [-0.05, 0) is 24.1 Å². The Labute approximate surface area is 71.6 Å². The van der Waals surface area contributed by atoms with E-state index in [1.54, 1.807) is 0 Å². The average Bonchev–Trinajstić information content (AvgIpc) is 1.88. The summed E-state index contributed by atoms with van der Waals surface area (Å²) in [5, 5.41) is 0.793. The summed E-state index contributed by atoms with van der Waals surface area (Å²) >= 11 is 10.6. The zero-order valence-corrected chi connectivity index (χ0v) is 7.08. The molecule has 0 saturated carbocycles. The van der Waals surface area contributed by atoms with E-state index in [2.05, 4.69) is 0 Å². The summed E-state index contributed by atoms with van der Waals surface area (Å²) in [6.07, 6.45) is 0.940. The summed E-state index contributed by atoms with van der Waals surface area (Å²) in [4.78, 5) is 0. The highest BCUT2D eigenvalue weighted by Gasteiger charge is 1.90. The van der Waals surface area contributed by atoms with Gasteiger partial charge < -0.3 is 0 Å². The van der Waals surface area contributed by atoms with E-state index in [0.29, 0.717) is 0 Å². The number of hydrogen-bond acceptors (Lipinski definition) is 0. The molecular formula is C8H8ClS. The maximum atomic E-state index is 5.75. The molecule has 0 unspecified atom stereocenters. The number of hydrogen-bond donors (Lipinski definition) is 0. The molecule has 0 aliphatic carbocycles. The molecule has 1 aromatic carbocycles. The van der Waals surface area contributed by atoms with Gasteiger partial charge in [0, 0.05) is 10.8 Å². The first-order chi connectivity index (χ1) is 4.83. The second-order valence-electron chi connectivity index (χ2n) is 2.08. The Bertz CT molecular complexity index is 210. The van der Waals surface area contributed by atoms with Crippen LogP contribution in [0.15, 0.2) is 24.3 Å². The van der Waals surface area contributed by atoms with Crippen LogP contribution in [-0.2, 0) is 6.42 Å². The number of benzene rings is 1. The summed E-state index contributed by atoms with van der Waals surface area (Å²) in [6.45, 7) is 0. The molecule has 1 rings (SSSR count). The van der Waals surface area contributed by atoms with Crippen molar-refractivity contribution in [2.75, 3.05) is 5.75 Å². The molecule has 1 aromatic rings. The summed E-state index contributed by atoms with van der Waals surface area (Å²) in [5.41, 5.74) is 1.22. The quantitative estimate of drug-likeness (QED) is 0.642. The summed E-state index contributed by atoms with van der Waals surface area (Å²) < 4.78 is 0. The van der Waals surface area contributed by atoms with Crippen molar-refractivity contribution in [2.24, 2.45) is 0 Å². The summed E-state index contributed by atoms with van der Waals surface area (Å²) in [5.74, 6) is 0.764. The molecule has 0 nitrogen and oxygen atoms in total. The third kappa shape index (κ3) is 2.24. The Morgan fingerprint density at radius 1 is 1.40 bits per heavy atom. The van der Waals surface area contributed by atoms with Gasteiger partial charge >= 0.3 is 0 Å². The van der Waals surface area contributed by atoms with Gasteiger partial charge in [-0.2, -0.15) is 0 Å². The monoisotopic (exact) mass is 171 g/mol. The van der Waals surface area contributed by atoms with E-state index in [0.717, 1.165) is 17.2 Å². The molecule has 0 heterocycles. The maximum Gasteiger partial charge on any atom is 0.0408 e. The van der Waals surface area contributed by atoms with Crippen LogP contribution < -0.4 is 0 Å². The predicted octanol–water partition coefficient (Wildman–Crippen LogP) is 3.08. The van der Waals surface area contributed by atoms with Crippen LogP contribution in [0.4, 0.5) is 0 Å². The van der Waals surface area contributed by atoms with Gasteiger partial charge in [-0.15, -0.1) is 0 Å². The molecule has 0 bridgehead atoms. The lowest BCUT2D eigenvalue weighted by atomic mass is 10.2. The van der Waals surface area contributed by atoms with Crippen LogP contribution in [0.1, 0.15) is 5.56 Å². The lowest BCUT2D eigenvalue weighted by Gasteiger charge is -1.96. The van der Waals surface area contributed by atoms with E-state index in [-0.39, 0.29) is 0 Å². The molecule has 0 amide bonds. The third-order valence-corrected chi connectivity index (χ3v) is 1.72. The first-order valence-corrected chi connectivity index (χ1v) is 4.11. The Morgan fingerprint density at radius 2 is 2.20 bits per heavy atom. The van der Waals surface area contributed by atoms with Crippen LogP contribution in [0.5, 0.6) is 0 Å². The molecule has 1 radical (unpaired) electrons. The van der Waals surface area contributed by atoms with E-state index in [1.165, 1.54) is 5.56 Å². The van der Waals surface area contributed by atoms with Gasteiger partial charge in [0.2, 0.25) is 0 Å². The van der Waals surface area contributed by atoms with E-state index in [1.807, 2.05) is 24.3 Å². The van der Waals surface area contributed by atoms with Crippen LogP contribution in [0.25, 0.3) is 0 Å². The van der Waals surface area contributed by atoms with Gasteiger partial charge in [0.1, 0.15) is 0 Å². The van der Waals surface area contributed by atoms with Crippen molar-refractivity contribution in [1.82, 2.24) is 0 Å². The van der Waals surface area contributed by atoms with Gasteiger partial charge in [-0.3, -0.25) is 0 Å².